The van der Waals surface area contributed by atoms with Crippen LogP contribution < -0.4 is 11.1 Å². The van der Waals surface area contributed by atoms with Crippen LogP contribution in [0.25, 0.3) is 0 Å². The van der Waals surface area contributed by atoms with E-state index in [0.717, 1.165) is 0 Å². The predicted octanol–water partition coefficient (Wildman–Crippen LogP) is 2.00. The van der Waals surface area contributed by atoms with E-state index in [4.69, 9.17) is 5.73 Å². The summed E-state index contributed by atoms with van der Waals surface area (Å²) in [4.78, 5) is 23.6. The van der Waals surface area contributed by atoms with E-state index in [1.165, 1.54) is 0 Å². The number of nitrogens with two attached hydrogens (primary N) is 1. The number of aliphatic carboxylic acids is 1. The molecule has 4 N–H and O–H groups in total. The summed E-state index contributed by atoms with van der Waals surface area (Å²) in [6.45, 7) is 10.3. The molecule has 0 aromatic heterocycles. The molecule has 0 radical (unpaired) electrons. The molecule has 1 atom stereocenters. The number of hydrogen-bond donors (Lipinski definition) is 3. The summed E-state index contributed by atoms with van der Waals surface area (Å²) in [7, 11) is 0. The molecule has 0 saturated carbocycles. The molecular weight excluding hydrogens is 256 g/mol. The summed E-state index contributed by atoms with van der Waals surface area (Å²) >= 11 is 0. The minimum absolute atomic E-state index is 0.0147. The van der Waals surface area contributed by atoms with Crippen molar-refractivity contribution in [2.75, 3.05) is 13.1 Å². The van der Waals surface area contributed by atoms with Crippen LogP contribution in [0.5, 0.6) is 0 Å². The van der Waals surface area contributed by atoms with Crippen molar-refractivity contribution in [2.45, 2.75) is 53.9 Å². The van der Waals surface area contributed by atoms with Gasteiger partial charge in [-0.2, -0.15) is 0 Å². The molecular formula is C15H30N2O3. The average molecular weight is 286 g/mol. The fourth-order valence-electron chi connectivity index (χ4n) is 2.30. The van der Waals surface area contributed by atoms with Crippen LogP contribution in [0.15, 0.2) is 0 Å². The van der Waals surface area contributed by atoms with Gasteiger partial charge in [0.05, 0.1) is 11.3 Å². The quantitative estimate of drug-likeness (QED) is 0.636. The number of carbonyl (C=O) groups excluding carboxylic acids is 1. The standard InChI is InChI=1S/C15H30N2O3/c1-6-15(7-2,13(19)20)10-17-12(18)11(9-16)8-14(3,4)5/h11H,6-10,16H2,1-5H3,(H,17,18)(H,19,20). The zero-order chi connectivity index (χ0) is 16.0. The van der Waals surface area contributed by atoms with Crippen LogP contribution >= 0.6 is 0 Å². The Morgan fingerprint density at radius 2 is 1.70 bits per heavy atom. The second-order valence-electron chi connectivity index (χ2n) is 6.71. The molecule has 0 rings (SSSR count). The first-order valence-corrected chi connectivity index (χ1v) is 7.33. The van der Waals surface area contributed by atoms with Crippen LogP contribution in [0.1, 0.15) is 53.9 Å². The molecule has 0 bridgehead atoms. The molecule has 0 saturated heterocycles. The third-order valence-corrected chi connectivity index (χ3v) is 3.92. The first-order chi connectivity index (χ1) is 9.11. The Kier molecular flexibility index (Phi) is 7.20. The molecule has 1 amide bonds. The number of carboxylic acids is 1. The molecule has 118 valence electrons. The van der Waals surface area contributed by atoms with Gasteiger partial charge < -0.3 is 16.2 Å². The molecule has 0 aliphatic rings. The van der Waals surface area contributed by atoms with Crippen LogP contribution in [-0.2, 0) is 9.59 Å². The first kappa shape index (κ1) is 18.9. The maximum absolute atomic E-state index is 12.2. The van der Waals surface area contributed by atoms with E-state index in [-0.39, 0.29) is 30.3 Å². The minimum Gasteiger partial charge on any atom is -0.481 e. The summed E-state index contributed by atoms with van der Waals surface area (Å²) in [5, 5.41) is 12.1. The predicted molar refractivity (Wildman–Crippen MR) is 80.3 cm³/mol. The highest BCUT2D eigenvalue weighted by Crippen LogP contribution is 2.27. The van der Waals surface area contributed by atoms with Crippen LogP contribution in [0.3, 0.4) is 0 Å². The van der Waals surface area contributed by atoms with Gasteiger partial charge in [-0.05, 0) is 24.7 Å². The molecule has 0 aliphatic carbocycles. The molecule has 1 unspecified atom stereocenters. The lowest BCUT2D eigenvalue weighted by Crippen LogP contribution is -2.45. The van der Waals surface area contributed by atoms with E-state index in [1.54, 1.807) is 0 Å². The van der Waals surface area contributed by atoms with Gasteiger partial charge in [-0.3, -0.25) is 9.59 Å². The molecule has 0 fully saturated rings. The van der Waals surface area contributed by atoms with E-state index in [2.05, 4.69) is 26.1 Å². The van der Waals surface area contributed by atoms with Crippen molar-refractivity contribution >= 4 is 11.9 Å². The number of rotatable bonds is 8. The highest BCUT2D eigenvalue weighted by atomic mass is 16.4. The van der Waals surface area contributed by atoms with Crippen molar-refractivity contribution in [3.63, 3.8) is 0 Å². The Morgan fingerprint density at radius 1 is 1.20 bits per heavy atom. The smallest absolute Gasteiger partial charge is 0.311 e. The van der Waals surface area contributed by atoms with Gasteiger partial charge in [-0.25, -0.2) is 0 Å². The van der Waals surface area contributed by atoms with Gasteiger partial charge in [-0.15, -0.1) is 0 Å². The van der Waals surface area contributed by atoms with E-state index >= 15 is 0 Å². The fourth-order valence-corrected chi connectivity index (χ4v) is 2.30. The lowest BCUT2D eigenvalue weighted by molar-refractivity contribution is -0.149. The van der Waals surface area contributed by atoms with Crippen LogP contribution in [0.4, 0.5) is 0 Å². The molecule has 0 aliphatic heterocycles. The Morgan fingerprint density at radius 3 is 2.00 bits per heavy atom. The monoisotopic (exact) mass is 286 g/mol. The van der Waals surface area contributed by atoms with Crippen molar-refractivity contribution in [3.05, 3.63) is 0 Å². The highest BCUT2D eigenvalue weighted by Gasteiger charge is 2.36. The molecule has 0 heterocycles. The maximum Gasteiger partial charge on any atom is 0.311 e. The Bertz CT molecular complexity index is 331. The zero-order valence-electron chi connectivity index (χ0n) is 13.5. The van der Waals surface area contributed by atoms with Gasteiger partial charge in [0, 0.05) is 13.1 Å². The average Bonchev–Trinajstić information content (AvgIpc) is 2.36. The Labute approximate surface area is 122 Å². The van der Waals surface area contributed by atoms with Crippen molar-refractivity contribution < 1.29 is 14.7 Å². The second kappa shape index (κ2) is 7.62. The summed E-state index contributed by atoms with van der Waals surface area (Å²) < 4.78 is 0. The van der Waals surface area contributed by atoms with E-state index in [9.17, 15) is 14.7 Å². The molecule has 0 aromatic rings. The molecule has 0 aromatic carbocycles. The lowest BCUT2D eigenvalue weighted by atomic mass is 9.81. The summed E-state index contributed by atoms with van der Waals surface area (Å²) in [6, 6.07) is 0. The normalized spacial score (nSPS) is 13.9. The van der Waals surface area contributed by atoms with Crippen molar-refractivity contribution in [2.24, 2.45) is 22.5 Å². The van der Waals surface area contributed by atoms with Crippen LogP contribution in [0, 0.1) is 16.7 Å². The third kappa shape index (κ3) is 5.49. The van der Waals surface area contributed by atoms with Crippen molar-refractivity contribution in [3.8, 4) is 0 Å². The van der Waals surface area contributed by atoms with Gasteiger partial charge in [0.1, 0.15) is 0 Å². The number of carbonyl (C=O) groups is 2. The van der Waals surface area contributed by atoms with Gasteiger partial charge in [0.2, 0.25) is 5.91 Å². The second-order valence-corrected chi connectivity index (χ2v) is 6.71. The number of amides is 1. The lowest BCUT2D eigenvalue weighted by Gasteiger charge is -2.29. The van der Waals surface area contributed by atoms with Gasteiger partial charge in [0.25, 0.3) is 0 Å². The molecule has 20 heavy (non-hydrogen) atoms. The number of carboxylic acid groups (broad SMARTS) is 1. The summed E-state index contributed by atoms with van der Waals surface area (Å²) in [5.74, 6) is -1.27. The SMILES string of the molecule is CCC(CC)(CNC(=O)C(CN)CC(C)(C)C)C(=O)O. The number of hydrogen-bond acceptors (Lipinski definition) is 3. The largest absolute Gasteiger partial charge is 0.481 e. The summed E-state index contributed by atoms with van der Waals surface area (Å²) in [6.07, 6.45) is 1.67. The van der Waals surface area contributed by atoms with Crippen LogP contribution in [0.2, 0.25) is 0 Å². The van der Waals surface area contributed by atoms with Crippen molar-refractivity contribution in [1.82, 2.24) is 5.32 Å². The number of nitrogens with one attached hydrogen (secondary N) is 1. The van der Waals surface area contributed by atoms with E-state index in [0.29, 0.717) is 19.3 Å². The van der Waals surface area contributed by atoms with Gasteiger partial charge in [0.15, 0.2) is 0 Å². The minimum atomic E-state index is -0.878. The molecule has 5 nitrogen and oxygen atoms in total. The third-order valence-electron chi connectivity index (χ3n) is 3.92. The topological polar surface area (TPSA) is 92.4 Å². The van der Waals surface area contributed by atoms with Gasteiger partial charge in [-0.1, -0.05) is 34.6 Å². The first-order valence-electron chi connectivity index (χ1n) is 7.33. The van der Waals surface area contributed by atoms with Gasteiger partial charge >= 0.3 is 5.97 Å². The zero-order valence-corrected chi connectivity index (χ0v) is 13.5. The maximum atomic E-state index is 12.2. The Balaban J connectivity index is 4.70. The van der Waals surface area contributed by atoms with E-state index in [1.807, 2.05) is 13.8 Å². The molecule has 5 heteroatoms. The highest BCUT2D eigenvalue weighted by molar-refractivity contribution is 5.81. The van der Waals surface area contributed by atoms with Crippen molar-refractivity contribution in [1.29, 1.82) is 0 Å². The Hall–Kier alpha value is -1.10. The van der Waals surface area contributed by atoms with E-state index < -0.39 is 11.4 Å². The molecule has 0 spiro atoms. The fraction of sp³-hybridized carbons (Fsp3) is 0.867. The van der Waals surface area contributed by atoms with Crippen LogP contribution in [-0.4, -0.2) is 30.1 Å². The summed E-state index contributed by atoms with van der Waals surface area (Å²) in [5.41, 5.74) is 4.80.